The van der Waals surface area contributed by atoms with Gasteiger partial charge in [-0.1, -0.05) is 12.1 Å². The molecule has 0 fully saturated rings. The molecule has 37 heavy (non-hydrogen) atoms. The number of halogens is 3. The molecule has 0 saturated heterocycles. The lowest BCUT2D eigenvalue weighted by atomic mass is 10.1. The highest BCUT2D eigenvalue weighted by Gasteiger charge is 2.31. The number of methoxy groups -OCH3 is 1. The molecule has 0 atom stereocenters. The number of benzene rings is 3. The topological polar surface area (TPSA) is 111 Å². The minimum absolute atomic E-state index is 0.120. The summed E-state index contributed by atoms with van der Waals surface area (Å²) in [5.41, 5.74) is 7.21. The minimum Gasteiger partial charge on any atom is -0.497 e. The molecule has 3 aromatic carbocycles. The summed E-state index contributed by atoms with van der Waals surface area (Å²) < 4.78 is 45.5. The summed E-state index contributed by atoms with van der Waals surface area (Å²) in [5.74, 6) is -0.476. The number of nitrogen functional groups attached to an aromatic ring is 1. The third-order valence-electron chi connectivity index (χ3n) is 5.56. The van der Waals surface area contributed by atoms with Crippen molar-refractivity contribution >= 4 is 29.0 Å². The summed E-state index contributed by atoms with van der Waals surface area (Å²) in [6.07, 6.45) is -3.23. The van der Waals surface area contributed by atoms with Gasteiger partial charge in [-0.25, -0.2) is 4.68 Å². The van der Waals surface area contributed by atoms with E-state index in [-0.39, 0.29) is 22.6 Å². The Bertz CT molecular complexity index is 1460. The highest BCUT2D eigenvalue weighted by atomic mass is 19.4. The van der Waals surface area contributed by atoms with E-state index in [1.165, 1.54) is 23.0 Å². The third kappa shape index (κ3) is 5.56. The Morgan fingerprint density at radius 2 is 1.70 bits per heavy atom. The lowest BCUT2D eigenvalue weighted by molar-refractivity contribution is -0.137. The smallest absolute Gasteiger partial charge is 0.416 e. The van der Waals surface area contributed by atoms with E-state index in [0.717, 1.165) is 18.2 Å². The molecule has 2 amide bonds. The SMILES string of the molecule is COc1ccc(-n2ncc(C(=O)Nc3cc(NC(=O)c4cccc(C(F)(F)F)c4)ccc3C)c2N)cc1. The summed E-state index contributed by atoms with van der Waals surface area (Å²) in [6, 6.07) is 15.8. The van der Waals surface area contributed by atoms with Crippen LogP contribution in [0.5, 0.6) is 5.75 Å². The van der Waals surface area contributed by atoms with Gasteiger partial charge in [0.2, 0.25) is 0 Å². The Labute approximate surface area is 209 Å². The molecule has 0 aliphatic carbocycles. The summed E-state index contributed by atoms with van der Waals surface area (Å²) in [7, 11) is 1.55. The van der Waals surface area contributed by atoms with E-state index in [2.05, 4.69) is 15.7 Å². The molecule has 0 aliphatic rings. The Hall–Kier alpha value is -4.80. The lowest BCUT2D eigenvalue weighted by Crippen LogP contribution is -2.16. The zero-order chi connectivity index (χ0) is 26.7. The van der Waals surface area contributed by atoms with Crippen LogP contribution in [0.15, 0.2) is 72.9 Å². The molecule has 4 N–H and O–H groups in total. The number of rotatable bonds is 6. The molecule has 0 bridgehead atoms. The fourth-order valence-electron chi connectivity index (χ4n) is 3.53. The number of hydrogen-bond donors (Lipinski definition) is 3. The van der Waals surface area contributed by atoms with Gasteiger partial charge in [-0.15, -0.1) is 0 Å². The molecule has 4 aromatic rings. The van der Waals surface area contributed by atoms with Crippen molar-refractivity contribution in [1.29, 1.82) is 0 Å². The van der Waals surface area contributed by atoms with Crippen LogP contribution in [0.3, 0.4) is 0 Å². The second kappa shape index (κ2) is 10.1. The van der Waals surface area contributed by atoms with Gasteiger partial charge >= 0.3 is 6.18 Å². The van der Waals surface area contributed by atoms with E-state index in [0.29, 0.717) is 22.7 Å². The Balaban J connectivity index is 1.51. The second-order valence-corrected chi connectivity index (χ2v) is 8.07. The van der Waals surface area contributed by atoms with Crippen molar-refractivity contribution in [1.82, 2.24) is 9.78 Å². The first-order valence-electron chi connectivity index (χ1n) is 11.0. The number of anilines is 3. The highest BCUT2D eigenvalue weighted by molar-refractivity contribution is 6.08. The minimum atomic E-state index is -4.57. The predicted octanol–water partition coefficient (Wildman–Crippen LogP) is 5.29. The Morgan fingerprint density at radius 1 is 0.973 bits per heavy atom. The zero-order valence-electron chi connectivity index (χ0n) is 19.8. The maximum absolute atomic E-state index is 13.0. The van der Waals surface area contributed by atoms with E-state index in [4.69, 9.17) is 10.5 Å². The average molecular weight is 509 g/mol. The van der Waals surface area contributed by atoms with Gasteiger partial charge in [0.25, 0.3) is 11.8 Å². The number of aryl methyl sites for hydroxylation is 1. The van der Waals surface area contributed by atoms with Gasteiger partial charge in [-0.2, -0.15) is 18.3 Å². The van der Waals surface area contributed by atoms with E-state index in [1.54, 1.807) is 50.4 Å². The first kappa shape index (κ1) is 25.3. The monoisotopic (exact) mass is 509 g/mol. The third-order valence-corrected chi connectivity index (χ3v) is 5.56. The number of nitrogens with one attached hydrogen (secondary N) is 2. The molecule has 0 spiro atoms. The molecule has 0 saturated carbocycles. The first-order chi connectivity index (χ1) is 17.6. The number of aromatic nitrogens is 2. The first-order valence-corrected chi connectivity index (χ1v) is 11.0. The van der Waals surface area contributed by atoms with Gasteiger partial charge in [-0.05, 0) is 67.1 Å². The van der Waals surface area contributed by atoms with Crippen molar-refractivity contribution in [3.63, 3.8) is 0 Å². The molecule has 0 aliphatic heterocycles. The predicted molar refractivity (Wildman–Crippen MR) is 133 cm³/mol. The molecule has 11 heteroatoms. The lowest BCUT2D eigenvalue weighted by Gasteiger charge is -2.12. The fourth-order valence-corrected chi connectivity index (χ4v) is 3.53. The standard InChI is InChI=1S/C26H22F3N5O3/c1-15-6-7-18(32-24(35)16-4-3-5-17(12-16)26(27,28)29)13-22(15)33-25(36)21-14-31-34(23(21)30)19-8-10-20(37-2)11-9-19/h3-14H,30H2,1-2H3,(H,32,35)(H,33,36). The van der Waals surface area contributed by atoms with Gasteiger partial charge in [-0.3, -0.25) is 9.59 Å². The number of hydrogen-bond acceptors (Lipinski definition) is 5. The summed E-state index contributed by atoms with van der Waals surface area (Å²) in [4.78, 5) is 25.5. The van der Waals surface area contributed by atoms with Gasteiger partial charge in [0.05, 0.1) is 24.6 Å². The van der Waals surface area contributed by atoms with Gasteiger partial charge in [0.15, 0.2) is 0 Å². The van der Waals surface area contributed by atoms with Crippen molar-refractivity contribution < 1.29 is 27.5 Å². The molecular formula is C26H22F3N5O3. The zero-order valence-corrected chi connectivity index (χ0v) is 19.8. The van der Waals surface area contributed by atoms with Crippen LogP contribution in [0.25, 0.3) is 5.69 Å². The number of carbonyl (C=O) groups excluding carboxylic acids is 2. The van der Waals surface area contributed by atoms with E-state index >= 15 is 0 Å². The van der Waals surface area contributed by atoms with Crippen LogP contribution in [0.1, 0.15) is 31.8 Å². The number of nitrogens with two attached hydrogens (primary N) is 1. The fraction of sp³-hybridized carbons (Fsp3) is 0.115. The number of nitrogens with zero attached hydrogens (tertiary/aromatic N) is 2. The van der Waals surface area contributed by atoms with Crippen LogP contribution >= 0.6 is 0 Å². The number of amides is 2. The van der Waals surface area contributed by atoms with Crippen LogP contribution < -0.4 is 21.1 Å². The van der Waals surface area contributed by atoms with Crippen molar-refractivity contribution in [3.8, 4) is 11.4 Å². The second-order valence-electron chi connectivity index (χ2n) is 8.07. The Kier molecular flexibility index (Phi) is 6.87. The Morgan fingerprint density at radius 3 is 2.38 bits per heavy atom. The van der Waals surface area contributed by atoms with Crippen LogP contribution in [-0.4, -0.2) is 28.7 Å². The molecule has 0 radical (unpaired) electrons. The van der Waals surface area contributed by atoms with Gasteiger partial charge < -0.3 is 21.1 Å². The van der Waals surface area contributed by atoms with Crippen molar-refractivity contribution in [3.05, 3.63) is 95.2 Å². The summed E-state index contributed by atoms with van der Waals surface area (Å²) in [6.45, 7) is 1.75. The summed E-state index contributed by atoms with van der Waals surface area (Å²) in [5, 5.41) is 9.49. The average Bonchev–Trinajstić information content (AvgIpc) is 3.27. The van der Waals surface area contributed by atoms with E-state index < -0.39 is 23.6 Å². The van der Waals surface area contributed by atoms with Gasteiger partial charge in [0.1, 0.15) is 17.1 Å². The molecule has 190 valence electrons. The summed E-state index contributed by atoms with van der Waals surface area (Å²) >= 11 is 0. The molecule has 0 unspecified atom stereocenters. The molecule has 1 heterocycles. The maximum Gasteiger partial charge on any atom is 0.416 e. The molecular weight excluding hydrogens is 487 g/mol. The maximum atomic E-state index is 13.0. The molecule has 1 aromatic heterocycles. The van der Waals surface area contributed by atoms with Crippen molar-refractivity contribution in [2.75, 3.05) is 23.5 Å². The quantitative estimate of drug-likeness (QED) is 0.327. The molecule has 4 rings (SSSR count). The molecule has 8 nitrogen and oxygen atoms in total. The highest BCUT2D eigenvalue weighted by Crippen LogP contribution is 2.30. The number of carbonyl (C=O) groups is 2. The van der Waals surface area contributed by atoms with E-state index in [9.17, 15) is 22.8 Å². The van der Waals surface area contributed by atoms with Gasteiger partial charge in [0, 0.05) is 16.9 Å². The van der Waals surface area contributed by atoms with Crippen LogP contribution in [-0.2, 0) is 6.18 Å². The van der Waals surface area contributed by atoms with Crippen LogP contribution in [0.2, 0.25) is 0 Å². The van der Waals surface area contributed by atoms with Crippen LogP contribution in [0.4, 0.5) is 30.4 Å². The number of ether oxygens (including phenoxy) is 1. The van der Waals surface area contributed by atoms with Crippen molar-refractivity contribution in [2.45, 2.75) is 13.1 Å². The van der Waals surface area contributed by atoms with Crippen molar-refractivity contribution in [2.24, 2.45) is 0 Å². The van der Waals surface area contributed by atoms with E-state index in [1.807, 2.05) is 0 Å². The number of alkyl halides is 3. The normalized spacial score (nSPS) is 11.2. The van der Waals surface area contributed by atoms with Crippen LogP contribution in [0, 0.1) is 6.92 Å². The largest absolute Gasteiger partial charge is 0.497 e.